The molecular formula is C19H17N7. The number of aromatic nitrogens is 5. The van der Waals surface area contributed by atoms with Crippen LogP contribution in [0.5, 0.6) is 0 Å². The first-order valence-corrected chi connectivity index (χ1v) is 8.48. The molecule has 1 aliphatic heterocycles. The number of H-pyrrole nitrogens is 2. The molecule has 7 nitrogen and oxygen atoms in total. The first-order valence-electron chi connectivity index (χ1n) is 8.48. The first-order chi connectivity index (χ1) is 12.8. The zero-order valence-electron chi connectivity index (χ0n) is 14.0. The summed E-state index contributed by atoms with van der Waals surface area (Å²) in [6, 6.07) is 14.4. The molecule has 0 saturated carbocycles. The minimum absolute atomic E-state index is 0.643. The van der Waals surface area contributed by atoms with E-state index in [1.165, 1.54) is 5.56 Å². The topological polar surface area (TPSA) is 108 Å². The van der Waals surface area contributed by atoms with Crippen molar-refractivity contribution in [1.82, 2.24) is 25.6 Å². The Hall–Kier alpha value is -3.61. The van der Waals surface area contributed by atoms with Gasteiger partial charge in [0, 0.05) is 16.8 Å². The van der Waals surface area contributed by atoms with E-state index in [1.807, 2.05) is 24.4 Å². The van der Waals surface area contributed by atoms with Gasteiger partial charge in [-0.05, 0) is 41.7 Å². The number of nitrogens with one attached hydrogen (secondary N) is 3. The van der Waals surface area contributed by atoms with Crippen LogP contribution in [-0.2, 0) is 12.8 Å². The average Bonchev–Trinajstić information content (AvgIpc) is 3.30. The second-order valence-corrected chi connectivity index (χ2v) is 6.38. The van der Waals surface area contributed by atoms with Crippen LogP contribution in [0.25, 0.3) is 22.4 Å². The van der Waals surface area contributed by atoms with Gasteiger partial charge in [-0.25, -0.2) is 0 Å². The lowest BCUT2D eigenvalue weighted by Crippen LogP contribution is -2.02. The van der Waals surface area contributed by atoms with Crippen molar-refractivity contribution in [3.05, 3.63) is 59.8 Å². The number of nitrogen functional groups attached to an aromatic ring is 1. The molecule has 128 valence electrons. The number of nitrogens with zero attached hydrogens (tertiary/aromatic N) is 3. The van der Waals surface area contributed by atoms with Gasteiger partial charge in [0.25, 0.3) is 0 Å². The Kier molecular flexibility index (Phi) is 3.24. The van der Waals surface area contributed by atoms with Crippen molar-refractivity contribution in [3.63, 3.8) is 0 Å². The van der Waals surface area contributed by atoms with Crippen LogP contribution >= 0.6 is 0 Å². The number of hydrogen-bond acceptors (Lipinski definition) is 5. The van der Waals surface area contributed by atoms with E-state index in [0.29, 0.717) is 5.82 Å². The van der Waals surface area contributed by atoms with Crippen LogP contribution in [0.1, 0.15) is 11.1 Å². The maximum atomic E-state index is 6.22. The molecule has 3 heterocycles. The van der Waals surface area contributed by atoms with Gasteiger partial charge in [0.1, 0.15) is 11.5 Å². The number of aryl methyl sites for hydroxylation is 2. The standard InChI is InChI=1S/C19H17N7/c20-16-8-7-13-9-12(16)6-5-11-3-1-2-4-14(11)15-10-21-24-18(15)22-19-17(13)23-26-25-19/h1-4,7-10H,5-6,20H2,(H3,21,22,23,24,25,26). The van der Waals surface area contributed by atoms with E-state index < -0.39 is 0 Å². The highest BCUT2D eigenvalue weighted by molar-refractivity contribution is 5.83. The van der Waals surface area contributed by atoms with Crippen molar-refractivity contribution >= 4 is 17.3 Å². The van der Waals surface area contributed by atoms with Crippen LogP contribution in [0.3, 0.4) is 0 Å². The summed E-state index contributed by atoms with van der Waals surface area (Å²) in [7, 11) is 0. The van der Waals surface area contributed by atoms with E-state index >= 15 is 0 Å². The van der Waals surface area contributed by atoms with Crippen LogP contribution in [0.2, 0.25) is 0 Å². The van der Waals surface area contributed by atoms with Gasteiger partial charge in [0.15, 0.2) is 5.82 Å². The molecule has 0 amide bonds. The largest absolute Gasteiger partial charge is 0.399 e. The predicted molar refractivity (Wildman–Crippen MR) is 101 cm³/mol. The van der Waals surface area contributed by atoms with Gasteiger partial charge in [0.05, 0.1) is 6.20 Å². The summed E-state index contributed by atoms with van der Waals surface area (Å²) in [4.78, 5) is 0. The summed E-state index contributed by atoms with van der Waals surface area (Å²) in [5, 5.41) is 21.9. The van der Waals surface area contributed by atoms with E-state index in [2.05, 4.69) is 55.2 Å². The molecule has 2 bridgehead atoms. The highest BCUT2D eigenvalue weighted by atomic mass is 15.4. The fourth-order valence-corrected chi connectivity index (χ4v) is 3.46. The SMILES string of the molecule is Nc1ccc2cc1CCc1ccccc1-c1cn[nH]c1Nc1n[nH]nc1-2. The van der Waals surface area contributed by atoms with Gasteiger partial charge in [-0.1, -0.05) is 30.3 Å². The number of hydrogen-bond donors (Lipinski definition) is 4. The van der Waals surface area contributed by atoms with Crippen molar-refractivity contribution in [1.29, 1.82) is 0 Å². The Bertz CT molecular complexity index is 1090. The smallest absolute Gasteiger partial charge is 0.181 e. The second-order valence-electron chi connectivity index (χ2n) is 6.38. The van der Waals surface area contributed by atoms with E-state index in [9.17, 15) is 0 Å². The second kappa shape index (κ2) is 5.73. The van der Waals surface area contributed by atoms with E-state index in [0.717, 1.165) is 52.3 Å². The molecule has 5 N–H and O–H groups in total. The molecule has 0 spiro atoms. The van der Waals surface area contributed by atoms with Gasteiger partial charge in [-0.15, -0.1) is 5.10 Å². The Balaban J connectivity index is 1.74. The summed E-state index contributed by atoms with van der Waals surface area (Å²) in [6.07, 6.45) is 3.57. The van der Waals surface area contributed by atoms with E-state index in [1.54, 1.807) is 0 Å². The first kappa shape index (κ1) is 14.7. The van der Waals surface area contributed by atoms with Crippen LogP contribution < -0.4 is 11.1 Å². The number of nitrogens with two attached hydrogens (primary N) is 1. The predicted octanol–water partition coefficient (Wildman–Crippen LogP) is 3.29. The maximum absolute atomic E-state index is 6.22. The molecule has 4 aromatic rings. The summed E-state index contributed by atoms with van der Waals surface area (Å²) < 4.78 is 0. The molecule has 0 unspecified atom stereocenters. The molecule has 5 rings (SSSR count). The third-order valence-electron chi connectivity index (χ3n) is 4.82. The molecule has 0 radical (unpaired) electrons. The lowest BCUT2D eigenvalue weighted by atomic mass is 9.94. The maximum Gasteiger partial charge on any atom is 0.181 e. The highest BCUT2D eigenvalue weighted by Crippen LogP contribution is 2.35. The fraction of sp³-hybridized carbons (Fsp3) is 0.105. The fourth-order valence-electron chi connectivity index (χ4n) is 3.46. The lowest BCUT2D eigenvalue weighted by Gasteiger charge is -2.14. The molecule has 26 heavy (non-hydrogen) atoms. The normalized spacial score (nSPS) is 12.8. The van der Waals surface area contributed by atoms with Crippen molar-refractivity contribution in [2.75, 3.05) is 11.1 Å². The van der Waals surface area contributed by atoms with E-state index in [-0.39, 0.29) is 0 Å². The zero-order valence-corrected chi connectivity index (χ0v) is 14.0. The van der Waals surface area contributed by atoms with Gasteiger partial charge in [-0.3, -0.25) is 5.10 Å². The van der Waals surface area contributed by atoms with Gasteiger partial charge < -0.3 is 11.1 Å². The zero-order chi connectivity index (χ0) is 17.5. The highest BCUT2D eigenvalue weighted by Gasteiger charge is 2.18. The number of anilines is 3. The van der Waals surface area contributed by atoms with Gasteiger partial charge >= 0.3 is 0 Å². The van der Waals surface area contributed by atoms with Crippen LogP contribution in [-0.4, -0.2) is 25.6 Å². The summed E-state index contributed by atoms with van der Waals surface area (Å²) in [5.41, 5.74) is 13.2. The summed E-state index contributed by atoms with van der Waals surface area (Å²) in [6.45, 7) is 0. The minimum atomic E-state index is 0.643. The molecule has 2 aromatic heterocycles. The molecule has 7 heteroatoms. The summed E-state index contributed by atoms with van der Waals surface area (Å²) in [5.74, 6) is 1.44. The van der Waals surface area contributed by atoms with Crippen LogP contribution in [0.4, 0.5) is 17.3 Å². The number of rotatable bonds is 0. The molecule has 0 atom stereocenters. The van der Waals surface area contributed by atoms with E-state index in [4.69, 9.17) is 5.73 Å². The molecule has 0 saturated heterocycles. The Morgan fingerprint density at radius 2 is 1.81 bits per heavy atom. The summed E-state index contributed by atoms with van der Waals surface area (Å²) >= 11 is 0. The average molecular weight is 343 g/mol. The molecule has 0 fully saturated rings. The lowest BCUT2D eigenvalue weighted by molar-refractivity contribution is 0.942. The Morgan fingerprint density at radius 1 is 0.923 bits per heavy atom. The third-order valence-corrected chi connectivity index (χ3v) is 4.82. The molecule has 1 aliphatic rings. The third kappa shape index (κ3) is 2.33. The minimum Gasteiger partial charge on any atom is -0.399 e. The number of fused-ring (bicyclic) bond motifs is 7. The number of aromatic amines is 2. The van der Waals surface area contributed by atoms with Crippen molar-refractivity contribution < 1.29 is 0 Å². The van der Waals surface area contributed by atoms with Gasteiger partial charge in [-0.2, -0.15) is 15.4 Å². The molecular weight excluding hydrogens is 326 g/mol. The van der Waals surface area contributed by atoms with Crippen molar-refractivity contribution in [3.8, 4) is 22.4 Å². The Labute approximate surface area is 149 Å². The Morgan fingerprint density at radius 3 is 2.77 bits per heavy atom. The van der Waals surface area contributed by atoms with Crippen LogP contribution in [0.15, 0.2) is 48.7 Å². The van der Waals surface area contributed by atoms with Gasteiger partial charge in [0.2, 0.25) is 0 Å². The molecule has 2 aromatic carbocycles. The number of benzene rings is 2. The van der Waals surface area contributed by atoms with Crippen LogP contribution in [0, 0.1) is 0 Å². The van der Waals surface area contributed by atoms with Crippen molar-refractivity contribution in [2.45, 2.75) is 12.8 Å². The van der Waals surface area contributed by atoms with Crippen molar-refractivity contribution in [2.24, 2.45) is 0 Å². The molecule has 0 aliphatic carbocycles. The monoisotopic (exact) mass is 343 g/mol. The quantitative estimate of drug-likeness (QED) is 0.366.